The number of carbonyl (C=O) groups is 1. The predicted molar refractivity (Wildman–Crippen MR) is 106 cm³/mol. The molecule has 3 aromatic heterocycles. The van der Waals surface area contributed by atoms with Crippen LogP contribution < -0.4 is 10.1 Å². The minimum atomic E-state index is -4.32. The van der Waals surface area contributed by atoms with Crippen LogP contribution in [-0.2, 0) is 6.54 Å². The number of aromatic nitrogens is 4. The molecular formula is C19H18ClF4N5O3. The van der Waals surface area contributed by atoms with Gasteiger partial charge in [0.2, 0.25) is 5.88 Å². The zero-order valence-electron chi connectivity index (χ0n) is 16.4. The predicted octanol–water partition coefficient (Wildman–Crippen LogP) is 2.92. The SMILES string of the molecule is O=C(NCCCO)c1nccc2nn(Cc3cnc(OCC(F)(F)C(F)F)c(Cl)c3)cc12. The maximum absolute atomic E-state index is 13.0. The minimum absolute atomic E-state index is 0.0507. The van der Waals surface area contributed by atoms with Gasteiger partial charge in [0.1, 0.15) is 10.7 Å². The summed E-state index contributed by atoms with van der Waals surface area (Å²) in [6.45, 7) is -1.15. The van der Waals surface area contributed by atoms with Crippen LogP contribution in [0.1, 0.15) is 22.5 Å². The Bertz CT molecular complexity index is 1100. The van der Waals surface area contributed by atoms with Gasteiger partial charge in [-0.15, -0.1) is 0 Å². The fraction of sp³-hybridized carbons (Fsp3) is 0.368. The molecule has 32 heavy (non-hydrogen) atoms. The van der Waals surface area contributed by atoms with Crippen molar-refractivity contribution >= 4 is 28.4 Å². The van der Waals surface area contributed by atoms with Crippen LogP contribution in [0.2, 0.25) is 5.02 Å². The molecule has 0 radical (unpaired) electrons. The van der Waals surface area contributed by atoms with Crippen LogP contribution in [0.4, 0.5) is 17.6 Å². The van der Waals surface area contributed by atoms with Crippen molar-refractivity contribution in [3.05, 3.63) is 47.0 Å². The highest BCUT2D eigenvalue weighted by Gasteiger charge is 2.42. The van der Waals surface area contributed by atoms with E-state index in [0.29, 0.717) is 29.4 Å². The molecule has 0 saturated heterocycles. The highest BCUT2D eigenvalue weighted by molar-refractivity contribution is 6.31. The second kappa shape index (κ2) is 10.1. The first-order valence-electron chi connectivity index (χ1n) is 9.35. The van der Waals surface area contributed by atoms with E-state index in [-0.39, 0.29) is 23.9 Å². The maximum atomic E-state index is 13.0. The summed E-state index contributed by atoms with van der Waals surface area (Å²) in [5.74, 6) is -5.13. The topological polar surface area (TPSA) is 102 Å². The molecule has 0 bridgehead atoms. The molecule has 13 heteroatoms. The van der Waals surface area contributed by atoms with Gasteiger partial charge in [-0.05, 0) is 24.1 Å². The first kappa shape index (κ1) is 23.7. The number of ether oxygens (including phenoxy) is 1. The van der Waals surface area contributed by atoms with E-state index in [1.165, 1.54) is 23.1 Å². The van der Waals surface area contributed by atoms with E-state index < -0.39 is 30.7 Å². The van der Waals surface area contributed by atoms with Crippen LogP contribution in [0.3, 0.4) is 0 Å². The lowest BCUT2D eigenvalue weighted by molar-refractivity contribution is -0.148. The van der Waals surface area contributed by atoms with Gasteiger partial charge in [-0.25, -0.2) is 13.8 Å². The van der Waals surface area contributed by atoms with Crippen LogP contribution in [-0.4, -0.2) is 62.9 Å². The number of hydrogen-bond donors (Lipinski definition) is 2. The molecule has 0 unspecified atom stereocenters. The standard InChI is InChI=1S/C19H18ClF4N5O3/c20-13-6-11(7-27-17(13)32-10-19(23,24)18(21)22)8-29-9-12-14(28-29)2-4-25-15(12)16(31)26-3-1-5-30/h2,4,6-7,9,18,30H,1,3,5,8,10H2,(H,26,31). The second-order valence-electron chi connectivity index (χ2n) is 6.73. The van der Waals surface area contributed by atoms with Crippen molar-refractivity contribution in [3.8, 4) is 5.88 Å². The van der Waals surface area contributed by atoms with Gasteiger partial charge in [-0.1, -0.05) is 11.6 Å². The Hall–Kier alpha value is -2.99. The summed E-state index contributed by atoms with van der Waals surface area (Å²) in [4.78, 5) is 20.2. The molecular weight excluding hydrogens is 458 g/mol. The lowest BCUT2D eigenvalue weighted by Gasteiger charge is -2.16. The number of rotatable bonds is 10. The summed E-state index contributed by atoms with van der Waals surface area (Å²) in [6, 6.07) is 3.01. The van der Waals surface area contributed by atoms with Crippen LogP contribution in [0.25, 0.3) is 10.9 Å². The van der Waals surface area contributed by atoms with Crippen molar-refractivity contribution in [3.63, 3.8) is 0 Å². The number of fused-ring (bicyclic) bond motifs is 1. The van der Waals surface area contributed by atoms with E-state index >= 15 is 0 Å². The minimum Gasteiger partial charge on any atom is -0.470 e. The average molecular weight is 476 g/mol. The third-order valence-electron chi connectivity index (χ3n) is 4.25. The summed E-state index contributed by atoms with van der Waals surface area (Å²) in [7, 11) is 0. The zero-order valence-corrected chi connectivity index (χ0v) is 17.2. The van der Waals surface area contributed by atoms with E-state index in [1.807, 2.05) is 0 Å². The van der Waals surface area contributed by atoms with E-state index in [4.69, 9.17) is 16.7 Å². The molecule has 1 amide bonds. The molecule has 0 aromatic carbocycles. The molecule has 0 fully saturated rings. The van der Waals surface area contributed by atoms with Gasteiger partial charge in [-0.3, -0.25) is 14.5 Å². The summed E-state index contributed by atoms with van der Waals surface area (Å²) in [5.41, 5.74) is 1.21. The molecule has 3 aromatic rings. The van der Waals surface area contributed by atoms with Crippen molar-refractivity contribution in [2.45, 2.75) is 25.3 Å². The van der Waals surface area contributed by atoms with Crippen molar-refractivity contribution < 1.29 is 32.2 Å². The Morgan fingerprint density at radius 1 is 1.34 bits per heavy atom. The van der Waals surface area contributed by atoms with Crippen molar-refractivity contribution in [1.29, 1.82) is 0 Å². The maximum Gasteiger partial charge on any atom is 0.340 e. The Labute approximate surface area is 184 Å². The molecule has 0 spiro atoms. The zero-order chi connectivity index (χ0) is 23.3. The number of nitrogens with one attached hydrogen (secondary N) is 1. The number of halogens is 5. The lowest BCUT2D eigenvalue weighted by atomic mass is 10.2. The van der Waals surface area contributed by atoms with Gasteiger partial charge in [0, 0.05) is 31.7 Å². The normalized spacial score (nSPS) is 11.8. The van der Waals surface area contributed by atoms with Gasteiger partial charge in [0.05, 0.1) is 17.4 Å². The number of carbonyl (C=O) groups excluding carboxylic acids is 1. The average Bonchev–Trinajstić information content (AvgIpc) is 3.15. The molecule has 0 aliphatic heterocycles. The Morgan fingerprint density at radius 2 is 2.12 bits per heavy atom. The van der Waals surface area contributed by atoms with Crippen molar-refractivity contribution in [2.75, 3.05) is 19.8 Å². The third-order valence-corrected chi connectivity index (χ3v) is 4.52. The van der Waals surface area contributed by atoms with E-state index in [1.54, 1.807) is 12.3 Å². The number of hydrogen-bond acceptors (Lipinski definition) is 6. The van der Waals surface area contributed by atoms with Crippen LogP contribution >= 0.6 is 11.6 Å². The van der Waals surface area contributed by atoms with Gasteiger partial charge in [-0.2, -0.15) is 13.9 Å². The number of aliphatic hydroxyl groups excluding tert-OH is 1. The van der Waals surface area contributed by atoms with E-state index in [2.05, 4.69) is 25.1 Å². The first-order chi connectivity index (χ1) is 15.2. The number of nitrogens with zero attached hydrogens (tertiary/aromatic N) is 4. The highest BCUT2D eigenvalue weighted by Crippen LogP contribution is 2.28. The quantitative estimate of drug-likeness (QED) is 0.345. The van der Waals surface area contributed by atoms with Crippen molar-refractivity contribution in [1.82, 2.24) is 25.1 Å². The highest BCUT2D eigenvalue weighted by atomic mass is 35.5. The molecule has 3 rings (SSSR count). The smallest absolute Gasteiger partial charge is 0.340 e. The fourth-order valence-electron chi connectivity index (χ4n) is 2.69. The third kappa shape index (κ3) is 5.62. The number of aliphatic hydroxyl groups is 1. The monoisotopic (exact) mass is 475 g/mol. The summed E-state index contributed by atoms with van der Waals surface area (Å²) < 4.78 is 56.6. The van der Waals surface area contributed by atoms with Gasteiger partial charge >= 0.3 is 12.3 Å². The van der Waals surface area contributed by atoms with Crippen LogP contribution in [0, 0.1) is 0 Å². The van der Waals surface area contributed by atoms with Gasteiger partial charge in [0.15, 0.2) is 6.61 Å². The molecule has 3 heterocycles. The molecule has 8 nitrogen and oxygen atoms in total. The molecule has 0 aliphatic rings. The Kier molecular flexibility index (Phi) is 7.46. The second-order valence-corrected chi connectivity index (χ2v) is 7.14. The molecule has 172 valence electrons. The Morgan fingerprint density at radius 3 is 2.81 bits per heavy atom. The lowest BCUT2D eigenvalue weighted by Crippen LogP contribution is -2.34. The van der Waals surface area contributed by atoms with E-state index in [9.17, 15) is 22.4 Å². The molecule has 2 N–H and O–H groups in total. The van der Waals surface area contributed by atoms with Gasteiger partial charge < -0.3 is 15.2 Å². The summed E-state index contributed by atoms with van der Waals surface area (Å²) in [5, 5.41) is 16.2. The number of alkyl halides is 4. The van der Waals surface area contributed by atoms with Gasteiger partial charge in [0.25, 0.3) is 5.91 Å². The first-order valence-corrected chi connectivity index (χ1v) is 9.73. The van der Waals surface area contributed by atoms with Crippen LogP contribution in [0.5, 0.6) is 5.88 Å². The van der Waals surface area contributed by atoms with E-state index in [0.717, 1.165) is 0 Å². The van der Waals surface area contributed by atoms with Crippen molar-refractivity contribution in [2.24, 2.45) is 0 Å². The molecule has 0 aliphatic carbocycles. The summed E-state index contributed by atoms with van der Waals surface area (Å²) >= 11 is 5.98. The Balaban J connectivity index is 1.73. The fourth-order valence-corrected chi connectivity index (χ4v) is 2.94. The number of pyridine rings is 2. The number of amides is 1. The summed E-state index contributed by atoms with van der Waals surface area (Å²) in [6.07, 6.45) is 0.874. The largest absolute Gasteiger partial charge is 0.470 e. The molecule has 0 atom stereocenters. The molecule has 0 saturated carbocycles. The van der Waals surface area contributed by atoms with Crippen LogP contribution in [0.15, 0.2) is 30.7 Å².